The molecule has 5 nitrogen and oxygen atoms in total. The molecule has 112 valence electrons. The minimum Gasteiger partial charge on any atom is -0.303 e. The van der Waals surface area contributed by atoms with Gasteiger partial charge in [0.15, 0.2) is 0 Å². The Morgan fingerprint density at radius 3 is 2.05 bits per heavy atom. The summed E-state index contributed by atoms with van der Waals surface area (Å²) >= 11 is 3.32. The van der Waals surface area contributed by atoms with E-state index in [4.69, 9.17) is 0 Å². The van der Waals surface area contributed by atoms with Crippen molar-refractivity contribution in [3.05, 3.63) is 68.5 Å². The highest BCUT2D eigenvalue weighted by molar-refractivity contribution is 9.10. The van der Waals surface area contributed by atoms with E-state index in [2.05, 4.69) is 15.9 Å². The minimum atomic E-state index is -0.264. The highest BCUT2D eigenvalue weighted by Gasteiger charge is 2.34. The van der Waals surface area contributed by atoms with Crippen LogP contribution in [0.1, 0.15) is 27.1 Å². The third-order valence-corrected chi connectivity index (χ3v) is 4.33. The molecule has 1 aromatic heterocycles. The molecule has 0 bridgehead atoms. The van der Waals surface area contributed by atoms with Crippen LogP contribution in [0, 0.1) is 0 Å². The molecule has 0 saturated carbocycles. The van der Waals surface area contributed by atoms with E-state index >= 15 is 0 Å². The Morgan fingerprint density at radius 1 is 0.818 bits per heavy atom. The van der Waals surface area contributed by atoms with Crippen molar-refractivity contribution in [2.45, 2.75) is 13.0 Å². The van der Waals surface area contributed by atoms with E-state index in [0.717, 1.165) is 0 Å². The summed E-state index contributed by atoms with van der Waals surface area (Å²) in [7, 11) is 0. The Balaban J connectivity index is 1.70. The minimum absolute atomic E-state index is 0.114. The van der Waals surface area contributed by atoms with E-state index in [-0.39, 0.29) is 17.4 Å². The van der Waals surface area contributed by atoms with Crippen LogP contribution in [0.2, 0.25) is 0 Å². The van der Waals surface area contributed by atoms with E-state index in [9.17, 15) is 14.4 Å². The molecular weight excluding hydrogens is 348 g/mol. The lowest BCUT2D eigenvalue weighted by molar-refractivity contribution is 0.0650. The second kappa shape index (κ2) is 5.88. The van der Waals surface area contributed by atoms with Gasteiger partial charge in [0, 0.05) is 19.2 Å². The molecule has 0 atom stereocenters. The maximum atomic E-state index is 12.2. The van der Waals surface area contributed by atoms with Gasteiger partial charge in [0.1, 0.15) is 0 Å². The zero-order valence-electron chi connectivity index (χ0n) is 11.7. The predicted octanol–water partition coefficient (Wildman–Crippen LogP) is 2.30. The first-order valence-corrected chi connectivity index (χ1v) is 7.69. The van der Waals surface area contributed by atoms with Crippen molar-refractivity contribution in [2.24, 2.45) is 0 Å². The molecule has 6 heteroatoms. The number of nitrogens with zero attached hydrogens (tertiary/aromatic N) is 2. The van der Waals surface area contributed by atoms with E-state index in [0.29, 0.717) is 35.2 Å². The van der Waals surface area contributed by atoms with Crippen molar-refractivity contribution in [1.82, 2.24) is 9.47 Å². The second-order valence-corrected chi connectivity index (χ2v) is 5.81. The highest BCUT2D eigenvalue weighted by Crippen LogP contribution is 2.22. The number of benzene rings is 1. The molecule has 0 aliphatic carbocycles. The SMILES string of the molecule is O=C1c2ccccc2C(=O)N1CCCn1c(Br)cccc1=O. The zero-order chi connectivity index (χ0) is 15.7. The first-order valence-electron chi connectivity index (χ1n) is 6.90. The van der Waals surface area contributed by atoms with Gasteiger partial charge in [-0.3, -0.25) is 19.3 Å². The summed E-state index contributed by atoms with van der Waals surface area (Å²) in [4.78, 5) is 37.4. The Labute approximate surface area is 135 Å². The number of aromatic nitrogens is 1. The number of hydrogen-bond acceptors (Lipinski definition) is 3. The Morgan fingerprint density at radius 2 is 1.45 bits per heavy atom. The smallest absolute Gasteiger partial charge is 0.261 e. The molecule has 0 unspecified atom stereocenters. The van der Waals surface area contributed by atoms with Crippen molar-refractivity contribution in [3.63, 3.8) is 0 Å². The lowest BCUT2D eigenvalue weighted by Gasteiger charge is -2.14. The van der Waals surface area contributed by atoms with E-state index in [1.54, 1.807) is 41.0 Å². The fourth-order valence-electron chi connectivity index (χ4n) is 2.54. The summed E-state index contributed by atoms with van der Waals surface area (Å²) in [6.07, 6.45) is 0.522. The van der Waals surface area contributed by atoms with Gasteiger partial charge in [0.2, 0.25) is 0 Å². The number of pyridine rings is 1. The van der Waals surface area contributed by atoms with Gasteiger partial charge < -0.3 is 4.57 Å². The van der Waals surface area contributed by atoms with Gasteiger partial charge in [-0.15, -0.1) is 0 Å². The lowest BCUT2D eigenvalue weighted by Crippen LogP contribution is -2.32. The molecule has 1 aromatic carbocycles. The maximum absolute atomic E-state index is 12.2. The van der Waals surface area contributed by atoms with E-state index in [1.807, 2.05) is 0 Å². The maximum Gasteiger partial charge on any atom is 0.261 e. The zero-order valence-corrected chi connectivity index (χ0v) is 13.2. The number of rotatable bonds is 4. The van der Waals surface area contributed by atoms with Crippen LogP contribution >= 0.6 is 15.9 Å². The summed E-state index contributed by atoms with van der Waals surface area (Å²) in [5.41, 5.74) is 0.785. The molecule has 1 aliphatic rings. The van der Waals surface area contributed by atoms with Gasteiger partial charge in [-0.25, -0.2) is 0 Å². The number of halogens is 1. The molecule has 0 N–H and O–H groups in total. The third-order valence-electron chi connectivity index (χ3n) is 3.64. The number of carbonyl (C=O) groups is 2. The number of amides is 2. The normalized spacial score (nSPS) is 13.6. The Kier molecular flexibility index (Phi) is 3.94. The van der Waals surface area contributed by atoms with Crippen molar-refractivity contribution in [2.75, 3.05) is 6.54 Å². The molecular formula is C16H13BrN2O3. The molecule has 0 spiro atoms. The van der Waals surface area contributed by atoms with Gasteiger partial charge in [-0.05, 0) is 40.5 Å². The summed E-state index contributed by atoms with van der Waals surface area (Å²) in [5.74, 6) is -0.528. The topological polar surface area (TPSA) is 59.4 Å². The van der Waals surface area contributed by atoms with Gasteiger partial charge in [-0.1, -0.05) is 18.2 Å². The summed E-state index contributed by atoms with van der Waals surface area (Å²) < 4.78 is 2.25. The molecule has 1 aliphatic heterocycles. The monoisotopic (exact) mass is 360 g/mol. The average molecular weight is 361 g/mol. The van der Waals surface area contributed by atoms with Crippen LogP contribution in [0.25, 0.3) is 0 Å². The van der Waals surface area contributed by atoms with Crippen molar-refractivity contribution in [3.8, 4) is 0 Å². The van der Waals surface area contributed by atoms with Crippen molar-refractivity contribution < 1.29 is 9.59 Å². The molecule has 2 amide bonds. The molecule has 2 aromatic rings. The van der Waals surface area contributed by atoms with Gasteiger partial charge in [-0.2, -0.15) is 0 Å². The molecule has 0 radical (unpaired) electrons. The van der Waals surface area contributed by atoms with Gasteiger partial charge >= 0.3 is 0 Å². The summed E-state index contributed by atoms with van der Waals surface area (Å²) in [6.45, 7) is 0.730. The summed E-state index contributed by atoms with van der Waals surface area (Å²) in [6, 6.07) is 11.7. The van der Waals surface area contributed by atoms with Crippen LogP contribution < -0.4 is 5.56 Å². The molecule has 0 fully saturated rings. The van der Waals surface area contributed by atoms with Crippen LogP contribution in [-0.4, -0.2) is 27.8 Å². The van der Waals surface area contributed by atoms with Crippen LogP contribution in [0.4, 0.5) is 0 Å². The first-order chi connectivity index (χ1) is 10.6. The quantitative estimate of drug-likeness (QED) is 0.620. The molecule has 0 saturated heterocycles. The first kappa shape index (κ1) is 14.7. The number of fused-ring (bicyclic) bond motifs is 1. The predicted molar refractivity (Wildman–Crippen MR) is 84.8 cm³/mol. The fourth-order valence-corrected chi connectivity index (χ4v) is 3.05. The number of carbonyl (C=O) groups excluding carboxylic acids is 2. The number of hydrogen-bond donors (Lipinski definition) is 0. The third kappa shape index (κ3) is 2.50. The van der Waals surface area contributed by atoms with Crippen molar-refractivity contribution in [1.29, 1.82) is 0 Å². The van der Waals surface area contributed by atoms with E-state index in [1.165, 1.54) is 11.0 Å². The average Bonchev–Trinajstić information content (AvgIpc) is 2.75. The molecule has 2 heterocycles. The van der Waals surface area contributed by atoms with Gasteiger partial charge in [0.05, 0.1) is 15.7 Å². The number of imide groups is 1. The largest absolute Gasteiger partial charge is 0.303 e. The highest BCUT2D eigenvalue weighted by atomic mass is 79.9. The Bertz CT molecular complexity index is 778. The van der Waals surface area contributed by atoms with Crippen LogP contribution in [-0.2, 0) is 6.54 Å². The van der Waals surface area contributed by atoms with Crippen LogP contribution in [0.5, 0.6) is 0 Å². The molecule has 3 rings (SSSR count). The summed E-state index contributed by atoms with van der Waals surface area (Å²) in [5, 5.41) is 0. The second-order valence-electron chi connectivity index (χ2n) is 5.00. The fraction of sp³-hybridized carbons (Fsp3) is 0.188. The van der Waals surface area contributed by atoms with Crippen LogP contribution in [0.15, 0.2) is 51.9 Å². The molecule has 22 heavy (non-hydrogen) atoms. The Hall–Kier alpha value is -2.21. The van der Waals surface area contributed by atoms with Crippen molar-refractivity contribution >= 4 is 27.7 Å². The van der Waals surface area contributed by atoms with Gasteiger partial charge in [0.25, 0.3) is 17.4 Å². The standard InChI is InChI=1S/C16H13BrN2O3/c17-13-7-3-8-14(20)18(13)9-4-10-19-15(21)11-5-1-2-6-12(11)16(19)22/h1-3,5-8H,4,9-10H2. The van der Waals surface area contributed by atoms with Crippen LogP contribution in [0.3, 0.4) is 0 Å². The van der Waals surface area contributed by atoms with E-state index < -0.39 is 0 Å². The lowest BCUT2D eigenvalue weighted by atomic mass is 10.1.